The third-order valence-electron chi connectivity index (χ3n) is 2.40. The summed E-state index contributed by atoms with van der Waals surface area (Å²) >= 11 is 0. The quantitative estimate of drug-likeness (QED) is 0.745. The van der Waals surface area contributed by atoms with Gasteiger partial charge in [0.05, 0.1) is 11.7 Å². The zero-order chi connectivity index (χ0) is 12.7. The summed E-state index contributed by atoms with van der Waals surface area (Å²) in [5.41, 5.74) is 0.366. The van der Waals surface area contributed by atoms with Gasteiger partial charge in [-0.2, -0.15) is 0 Å². The number of carbonyl (C=O) groups excluding carboxylic acids is 1. The number of aliphatic hydroxyl groups is 1. The number of aliphatic hydroxyl groups excluding tert-OH is 1. The number of carbonyl (C=O) groups is 1. The molecule has 1 rings (SSSR count). The van der Waals surface area contributed by atoms with Crippen molar-refractivity contribution in [2.45, 2.75) is 32.3 Å². The molecular formula is C13H18O4. The molecule has 4 nitrogen and oxygen atoms in total. The number of phenolic OH excluding ortho intramolecular Hbond substituents is 1. The Bertz CT molecular complexity index is 345. The second-order valence-electron chi connectivity index (χ2n) is 3.94. The van der Waals surface area contributed by atoms with Crippen LogP contribution in [0.25, 0.3) is 0 Å². The lowest BCUT2D eigenvalue weighted by Gasteiger charge is -2.10. The zero-order valence-corrected chi connectivity index (χ0v) is 9.93. The Labute approximate surface area is 101 Å². The van der Waals surface area contributed by atoms with Crippen LogP contribution >= 0.6 is 0 Å². The predicted octanol–water partition coefficient (Wildman–Crippen LogP) is 2.10. The van der Waals surface area contributed by atoms with Crippen LogP contribution in [0.15, 0.2) is 24.3 Å². The van der Waals surface area contributed by atoms with Crippen LogP contribution in [0.4, 0.5) is 0 Å². The molecule has 0 saturated heterocycles. The van der Waals surface area contributed by atoms with Crippen LogP contribution in [0.2, 0.25) is 0 Å². The van der Waals surface area contributed by atoms with Crippen LogP contribution in [0.5, 0.6) is 5.75 Å². The Hall–Kier alpha value is -1.55. The van der Waals surface area contributed by atoms with Crippen LogP contribution in [-0.4, -0.2) is 28.9 Å². The molecule has 4 heteroatoms. The summed E-state index contributed by atoms with van der Waals surface area (Å²) in [6.07, 6.45) is 1.95. The minimum Gasteiger partial charge on any atom is -0.508 e. The average Bonchev–Trinajstić information content (AvgIpc) is 2.34. The SMILES string of the molecule is CCCCC(O)COC(=O)c1ccc(O)cc1. The van der Waals surface area contributed by atoms with E-state index in [9.17, 15) is 9.90 Å². The van der Waals surface area contributed by atoms with Gasteiger partial charge in [-0.3, -0.25) is 0 Å². The van der Waals surface area contributed by atoms with Gasteiger partial charge in [-0.25, -0.2) is 4.79 Å². The lowest BCUT2D eigenvalue weighted by molar-refractivity contribution is 0.0234. The lowest BCUT2D eigenvalue weighted by atomic mass is 10.2. The lowest BCUT2D eigenvalue weighted by Crippen LogP contribution is -2.18. The first kappa shape index (κ1) is 13.5. The van der Waals surface area contributed by atoms with Gasteiger partial charge in [0.1, 0.15) is 12.4 Å². The summed E-state index contributed by atoms with van der Waals surface area (Å²) in [6, 6.07) is 5.81. The molecular weight excluding hydrogens is 220 g/mol. The first-order valence-electron chi connectivity index (χ1n) is 5.77. The first-order chi connectivity index (χ1) is 8.13. The number of unbranched alkanes of at least 4 members (excludes halogenated alkanes) is 1. The standard InChI is InChI=1S/C13H18O4/c1-2-3-4-12(15)9-17-13(16)10-5-7-11(14)8-6-10/h5-8,12,14-15H,2-4,9H2,1H3. The Morgan fingerprint density at radius 3 is 2.59 bits per heavy atom. The van der Waals surface area contributed by atoms with Crippen molar-refractivity contribution in [1.29, 1.82) is 0 Å². The van der Waals surface area contributed by atoms with E-state index in [-0.39, 0.29) is 12.4 Å². The van der Waals surface area contributed by atoms with Crippen molar-refractivity contribution in [3.05, 3.63) is 29.8 Å². The molecule has 0 aliphatic heterocycles. The highest BCUT2D eigenvalue weighted by atomic mass is 16.5. The van der Waals surface area contributed by atoms with Gasteiger partial charge >= 0.3 is 5.97 Å². The van der Waals surface area contributed by atoms with Gasteiger partial charge in [-0.1, -0.05) is 19.8 Å². The Morgan fingerprint density at radius 1 is 1.35 bits per heavy atom. The maximum absolute atomic E-state index is 11.5. The second kappa shape index (κ2) is 6.91. The topological polar surface area (TPSA) is 66.8 Å². The molecule has 0 aliphatic rings. The molecule has 0 aromatic heterocycles. The van der Waals surface area contributed by atoms with Crippen molar-refractivity contribution in [1.82, 2.24) is 0 Å². The van der Waals surface area contributed by atoms with Gasteiger partial charge in [-0.15, -0.1) is 0 Å². The van der Waals surface area contributed by atoms with Gasteiger partial charge in [-0.05, 0) is 30.7 Å². The van der Waals surface area contributed by atoms with E-state index < -0.39 is 12.1 Å². The van der Waals surface area contributed by atoms with E-state index >= 15 is 0 Å². The molecule has 0 bridgehead atoms. The summed E-state index contributed by atoms with van der Waals surface area (Å²) in [6.45, 7) is 2.05. The molecule has 0 fully saturated rings. The minimum absolute atomic E-state index is 0.0136. The summed E-state index contributed by atoms with van der Waals surface area (Å²) in [4.78, 5) is 11.5. The van der Waals surface area contributed by atoms with Crippen molar-refractivity contribution >= 4 is 5.97 Å². The fourth-order valence-electron chi connectivity index (χ4n) is 1.38. The number of phenols is 1. The summed E-state index contributed by atoms with van der Waals surface area (Å²) in [5, 5.41) is 18.6. The fraction of sp³-hybridized carbons (Fsp3) is 0.462. The highest BCUT2D eigenvalue weighted by molar-refractivity contribution is 5.89. The first-order valence-corrected chi connectivity index (χ1v) is 5.77. The van der Waals surface area contributed by atoms with Crippen molar-refractivity contribution in [2.24, 2.45) is 0 Å². The summed E-state index contributed by atoms with van der Waals surface area (Å²) in [5.74, 6) is -0.384. The van der Waals surface area contributed by atoms with Gasteiger partial charge in [0.15, 0.2) is 0 Å². The highest BCUT2D eigenvalue weighted by Crippen LogP contribution is 2.11. The summed E-state index contributed by atoms with van der Waals surface area (Å²) < 4.78 is 4.96. The zero-order valence-electron chi connectivity index (χ0n) is 9.93. The largest absolute Gasteiger partial charge is 0.508 e. The van der Waals surface area contributed by atoms with Gasteiger partial charge in [0, 0.05) is 0 Å². The number of benzene rings is 1. The molecule has 0 saturated carbocycles. The van der Waals surface area contributed by atoms with Crippen molar-refractivity contribution in [3.8, 4) is 5.75 Å². The Kier molecular flexibility index (Phi) is 5.49. The van der Waals surface area contributed by atoms with Gasteiger partial charge in [0.2, 0.25) is 0 Å². The van der Waals surface area contributed by atoms with Crippen LogP contribution in [0, 0.1) is 0 Å². The fourth-order valence-corrected chi connectivity index (χ4v) is 1.38. The number of hydrogen-bond donors (Lipinski definition) is 2. The van der Waals surface area contributed by atoms with Crippen molar-refractivity contribution in [3.63, 3.8) is 0 Å². The number of aromatic hydroxyl groups is 1. The molecule has 94 valence electrons. The van der Waals surface area contributed by atoms with Crippen LogP contribution in [0.3, 0.4) is 0 Å². The maximum atomic E-state index is 11.5. The van der Waals surface area contributed by atoms with Crippen LogP contribution in [-0.2, 0) is 4.74 Å². The predicted molar refractivity (Wildman–Crippen MR) is 63.9 cm³/mol. The van der Waals surface area contributed by atoms with E-state index in [1.165, 1.54) is 24.3 Å². The molecule has 1 unspecified atom stereocenters. The van der Waals surface area contributed by atoms with Gasteiger partial charge in [0.25, 0.3) is 0 Å². The molecule has 1 aromatic rings. The summed E-state index contributed by atoms with van der Waals surface area (Å²) in [7, 11) is 0. The highest BCUT2D eigenvalue weighted by Gasteiger charge is 2.10. The normalized spacial score (nSPS) is 12.1. The van der Waals surface area contributed by atoms with E-state index in [0.717, 1.165) is 12.8 Å². The van der Waals surface area contributed by atoms with E-state index in [1.807, 2.05) is 6.92 Å². The third-order valence-corrected chi connectivity index (χ3v) is 2.40. The van der Waals surface area contributed by atoms with Gasteiger partial charge < -0.3 is 14.9 Å². The monoisotopic (exact) mass is 238 g/mol. The molecule has 1 atom stereocenters. The average molecular weight is 238 g/mol. The molecule has 0 amide bonds. The molecule has 2 N–H and O–H groups in total. The van der Waals surface area contributed by atoms with E-state index in [0.29, 0.717) is 12.0 Å². The van der Waals surface area contributed by atoms with Crippen LogP contribution in [0.1, 0.15) is 36.5 Å². The molecule has 0 spiro atoms. The third kappa shape index (κ3) is 4.87. The molecule has 17 heavy (non-hydrogen) atoms. The van der Waals surface area contributed by atoms with E-state index in [1.54, 1.807) is 0 Å². The van der Waals surface area contributed by atoms with E-state index in [4.69, 9.17) is 9.84 Å². The number of hydrogen-bond acceptors (Lipinski definition) is 4. The van der Waals surface area contributed by atoms with E-state index in [2.05, 4.69) is 0 Å². The Morgan fingerprint density at radius 2 is 2.00 bits per heavy atom. The minimum atomic E-state index is -0.601. The second-order valence-corrected chi connectivity index (χ2v) is 3.94. The smallest absolute Gasteiger partial charge is 0.338 e. The van der Waals surface area contributed by atoms with Crippen molar-refractivity contribution in [2.75, 3.05) is 6.61 Å². The molecule has 0 radical (unpaired) electrons. The van der Waals surface area contributed by atoms with Crippen molar-refractivity contribution < 1.29 is 19.7 Å². The molecule has 0 heterocycles. The van der Waals surface area contributed by atoms with Crippen LogP contribution < -0.4 is 0 Å². The number of ether oxygens (including phenoxy) is 1. The molecule has 0 aliphatic carbocycles. The Balaban J connectivity index is 2.36. The molecule has 1 aromatic carbocycles. The maximum Gasteiger partial charge on any atom is 0.338 e. The number of rotatable bonds is 6. The number of esters is 1.